The maximum Gasteiger partial charge on any atom is 0.250 e. The third-order valence-electron chi connectivity index (χ3n) is 6.52. The number of benzene rings is 1. The van der Waals surface area contributed by atoms with Crippen molar-refractivity contribution < 1.29 is 17.9 Å². The lowest BCUT2D eigenvalue weighted by molar-refractivity contribution is -0.120. The first-order chi connectivity index (χ1) is 16.4. The fourth-order valence-corrected chi connectivity index (χ4v) is 6.38. The van der Waals surface area contributed by atoms with E-state index in [1.165, 1.54) is 12.3 Å². The summed E-state index contributed by atoms with van der Waals surface area (Å²) in [4.78, 5) is 17.1. The topological polar surface area (TPSA) is 112 Å². The van der Waals surface area contributed by atoms with Gasteiger partial charge in [-0.1, -0.05) is 0 Å². The highest BCUT2D eigenvalue weighted by molar-refractivity contribution is 7.92. The van der Waals surface area contributed by atoms with Crippen molar-refractivity contribution in [3.63, 3.8) is 0 Å². The number of carbonyl (C=O) groups excluding carboxylic acids is 1. The first kappa shape index (κ1) is 22.6. The summed E-state index contributed by atoms with van der Waals surface area (Å²) < 4.78 is 34.9. The van der Waals surface area contributed by atoms with Crippen LogP contribution >= 0.6 is 0 Å². The molecule has 1 aliphatic heterocycles. The Hall–Kier alpha value is -3.23. The van der Waals surface area contributed by atoms with Crippen molar-refractivity contribution in [3.05, 3.63) is 42.0 Å². The van der Waals surface area contributed by atoms with Gasteiger partial charge in [-0.25, -0.2) is 13.3 Å². The van der Waals surface area contributed by atoms with Crippen molar-refractivity contribution in [2.45, 2.75) is 48.3 Å². The standard InChI is InChI=1S/C23H26N6O4S/c1-24-16-12-19-18(21(13-16)34(31,32)17-3-4-17)14-25-29(19)20(11-15-6-9-33-10-7-15)23(30)26-22-5-8-28(2)27-22/h5,8,12-15,17,20H,3-4,6-7,9-11H2,2H3,(H,26,27,30). The van der Waals surface area contributed by atoms with Gasteiger partial charge in [-0.2, -0.15) is 10.2 Å². The van der Waals surface area contributed by atoms with E-state index in [9.17, 15) is 13.2 Å². The van der Waals surface area contributed by atoms with Crippen LogP contribution in [0.2, 0.25) is 0 Å². The van der Waals surface area contributed by atoms with E-state index in [2.05, 4.69) is 20.4 Å². The highest BCUT2D eigenvalue weighted by atomic mass is 32.2. The van der Waals surface area contributed by atoms with E-state index in [1.807, 2.05) is 0 Å². The summed E-state index contributed by atoms with van der Waals surface area (Å²) in [5.41, 5.74) is 0.685. The van der Waals surface area contributed by atoms with Crippen LogP contribution in [0.1, 0.15) is 38.1 Å². The molecule has 2 aliphatic rings. The maximum atomic E-state index is 13.5. The molecule has 1 amide bonds. The number of ether oxygens (including phenoxy) is 1. The van der Waals surface area contributed by atoms with Gasteiger partial charge < -0.3 is 10.1 Å². The van der Waals surface area contributed by atoms with E-state index >= 15 is 0 Å². The molecule has 0 bridgehead atoms. The third kappa shape index (κ3) is 4.31. The van der Waals surface area contributed by atoms with Crippen LogP contribution in [0.15, 0.2) is 35.5 Å². The van der Waals surface area contributed by atoms with Gasteiger partial charge >= 0.3 is 0 Å². The van der Waals surface area contributed by atoms with Gasteiger partial charge in [0.25, 0.3) is 0 Å². The number of nitrogens with one attached hydrogen (secondary N) is 1. The number of amides is 1. The number of rotatable bonds is 7. The molecule has 178 valence electrons. The third-order valence-corrected chi connectivity index (χ3v) is 8.82. The number of nitrogens with zero attached hydrogens (tertiary/aromatic N) is 5. The molecule has 1 saturated carbocycles. The number of fused-ring (bicyclic) bond motifs is 1. The summed E-state index contributed by atoms with van der Waals surface area (Å²) >= 11 is 0. The Morgan fingerprint density at radius 2 is 2.06 bits per heavy atom. The Morgan fingerprint density at radius 1 is 1.29 bits per heavy atom. The average Bonchev–Trinajstić information content (AvgIpc) is 3.51. The average molecular weight is 483 g/mol. The van der Waals surface area contributed by atoms with E-state index in [4.69, 9.17) is 11.3 Å². The second kappa shape index (κ2) is 8.85. The van der Waals surface area contributed by atoms with Crippen LogP contribution in [-0.4, -0.2) is 52.3 Å². The molecule has 3 aromatic rings. The number of sulfone groups is 1. The van der Waals surface area contributed by atoms with E-state index in [0.29, 0.717) is 49.2 Å². The molecule has 10 nitrogen and oxygen atoms in total. The minimum atomic E-state index is -3.56. The predicted molar refractivity (Wildman–Crippen MR) is 125 cm³/mol. The van der Waals surface area contributed by atoms with Crippen molar-refractivity contribution in [3.8, 4) is 0 Å². The molecule has 1 aromatic carbocycles. The summed E-state index contributed by atoms with van der Waals surface area (Å²) in [6.07, 6.45) is 6.68. The fourth-order valence-electron chi connectivity index (χ4n) is 4.51. The lowest BCUT2D eigenvalue weighted by atomic mass is 9.92. The van der Waals surface area contributed by atoms with Crippen LogP contribution in [0.5, 0.6) is 0 Å². The van der Waals surface area contributed by atoms with Gasteiger partial charge in [-0.05, 0) is 50.2 Å². The van der Waals surface area contributed by atoms with E-state index in [-0.39, 0.29) is 22.4 Å². The second-order valence-electron chi connectivity index (χ2n) is 8.99. The van der Waals surface area contributed by atoms with Crippen molar-refractivity contribution in [1.82, 2.24) is 19.6 Å². The predicted octanol–water partition coefficient (Wildman–Crippen LogP) is 3.25. The Balaban J connectivity index is 1.58. The molecule has 11 heteroatoms. The molecule has 1 aliphatic carbocycles. The highest BCUT2D eigenvalue weighted by Gasteiger charge is 2.39. The molecule has 5 rings (SSSR count). The normalized spacial score (nSPS) is 18.0. The molecule has 1 unspecified atom stereocenters. The molecular formula is C23H26N6O4S. The lowest BCUT2D eigenvalue weighted by Gasteiger charge is -2.26. The summed E-state index contributed by atoms with van der Waals surface area (Å²) in [6, 6.07) is 4.06. The summed E-state index contributed by atoms with van der Waals surface area (Å²) in [6.45, 7) is 8.80. The van der Waals surface area contributed by atoms with Crippen LogP contribution in [0.25, 0.3) is 15.7 Å². The Labute approximate surface area is 197 Å². The molecular weight excluding hydrogens is 456 g/mol. The number of aryl methyl sites for hydroxylation is 1. The molecule has 3 heterocycles. The van der Waals surface area contributed by atoms with E-state index in [1.54, 1.807) is 34.7 Å². The number of hydrogen-bond donors (Lipinski definition) is 1. The van der Waals surface area contributed by atoms with Crippen LogP contribution in [0.3, 0.4) is 0 Å². The van der Waals surface area contributed by atoms with E-state index in [0.717, 1.165) is 12.8 Å². The highest BCUT2D eigenvalue weighted by Crippen LogP contribution is 2.39. The number of carbonyl (C=O) groups is 1. The molecule has 34 heavy (non-hydrogen) atoms. The first-order valence-electron chi connectivity index (χ1n) is 11.4. The van der Waals surface area contributed by atoms with Crippen molar-refractivity contribution in [2.75, 3.05) is 18.5 Å². The maximum absolute atomic E-state index is 13.5. The van der Waals surface area contributed by atoms with Crippen molar-refractivity contribution >= 4 is 38.2 Å². The lowest BCUT2D eigenvalue weighted by Crippen LogP contribution is -2.30. The molecule has 0 spiro atoms. The molecule has 1 saturated heterocycles. The number of hydrogen-bond acceptors (Lipinski definition) is 6. The SMILES string of the molecule is [C-]#[N+]c1cc(S(=O)(=O)C2CC2)c2cnn(C(CC3CCOCC3)C(=O)Nc3ccn(C)n3)c2c1. The first-order valence-corrected chi connectivity index (χ1v) is 12.9. The molecule has 1 N–H and O–H groups in total. The number of anilines is 1. The van der Waals surface area contributed by atoms with Crippen LogP contribution in [0.4, 0.5) is 11.5 Å². The fraction of sp³-hybridized carbons (Fsp3) is 0.478. The van der Waals surface area contributed by atoms with Crippen LogP contribution in [-0.2, 0) is 26.4 Å². The Kier molecular flexibility index (Phi) is 5.87. The molecule has 2 aromatic heterocycles. The van der Waals surface area contributed by atoms with Gasteiger partial charge in [0.2, 0.25) is 5.91 Å². The van der Waals surface area contributed by atoms with Crippen molar-refractivity contribution in [1.29, 1.82) is 0 Å². The zero-order chi connectivity index (χ0) is 23.9. The zero-order valence-electron chi connectivity index (χ0n) is 18.8. The summed E-state index contributed by atoms with van der Waals surface area (Å²) in [7, 11) is -1.79. The molecule has 0 radical (unpaired) electrons. The minimum absolute atomic E-state index is 0.125. The van der Waals surface area contributed by atoms with Crippen LogP contribution < -0.4 is 5.32 Å². The number of aromatic nitrogens is 4. The van der Waals surface area contributed by atoms with Gasteiger partial charge in [0, 0.05) is 37.9 Å². The van der Waals surface area contributed by atoms with Crippen LogP contribution in [0, 0.1) is 12.5 Å². The Bertz CT molecular complexity index is 1380. The quantitative estimate of drug-likeness (QED) is 0.518. The van der Waals surface area contributed by atoms with Gasteiger partial charge in [-0.15, -0.1) is 0 Å². The summed E-state index contributed by atoms with van der Waals surface area (Å²) in [5.74, 6) is 0.404. The van der Waals surface area contributed by atoms with Gasteiger partial charge in [0.15, 0.2) is 21.3 Å². The van der Waals surface area contributed by atoms with Gasteiger partial charge in [0.1, 0.15) is 6.04 Å². The van der Waals surface area contributed by atoms with Gasteiger partial charge in [0.05, 0.1) is 28.4 Å². The van der Waals surface area contributed by atoms with Gasteiger partial charge in [-0.3, -0.25) is 14.2 Å². The zero-order valence-corrected chi connectivity index (χ0v) is 19.7. The Morgan fingerprint density at radius 3 is 2.71 bits per heavy atom. The molecule has 2 fully saturated rings. The largest absolute Gasteiger partial charge is 0.381 e. The molecule has 1 atom stereocenters. The smallest absolute Gasteiger partial charge is 0.250 e. The van der Waals surface area contributed by atoms with E-state index < -0.39 is 21.1 Å². The second-order valence-corrected chi connectivity index (χ2v) is 11.2. The van der Waals surface area contributed by atoms with Crippen molar-refractivity contribution in [2.24, 2.45) is 13.0 Å². The minimum Gasteiger partial charge on any atom is -0.381 e. The monoisotopic (exact) mass is 482 g/mol. The summed E-state index contributed by atoms with van der Waals surface area (Å²) in [5, 5.41) is 11.6.